The summed E-state index contributed by atoms with van der Waals surface area (Å²) in [6.45, 7) is 0.383. The molecule has 3 rings (SSSR count). The average molecular weight is 369 g/mol. The first-order valence-electron chi connectivity index (χ1n) is 6.85. The van der Waals surface area contributed by atoms with Gasteiger partial charge in [0.25, 0.3) is 0 Å². The zero-order chi connectivity index (χ0) is 16.6. The molecule has 0 saturated heterocycles. The predicted molar refractivity (Wildman–Crippen MR) is 94.0 cm³/mol. The summed E-state index contributed by atoms with van der Waals surface area (Å²) in [6, 6.07) is 12.6. The number of aromatic carboxylic acids is 1. The largest absolute Gasteiger partial charge is 0.477 e. The molecule has 0 aliphatic rings. The molecule has 0 unspecified atom stereocenters. The summed E-state index contributed by atoms with van der Waals surface area (Å²) in [4.78, 5) is 11.6. The van der Waals surface area contributed by atoms with Crippen LogP contribution in [0.5, 0.6) is 0 Å². The first-order chi connectivity index (χ1) is 11.0. The number of carboxylic acid groups (broad SMARTS) is 1. The van der Waals surface area contributed by atoms with E-state index in [4.69, 9.17) is 34.8 Å². The Morgan fingerprint density at radius 2 is 1.87 bits per heavy atom. The molecule has 1 aromatic heterocycles. The Balaban J connectivity index is 2.16. The van der Waals surface area contributed by atoms with Gasteiger partial charge in [0.1, 0.15) is 5.69 Å². The van der Waals surface area contributed by atoms with Crippen LogP contribution >= 0.6 is 34.8 Å². The molecule has 0 radical (unpaired) electrons. The molecule has 0 saturated carbocycles. The number of nitrogens with zero attached hydrogens (tertiary/aromatic N) is 1. The zero-order valence-electron chi connectivity index (χ0n) is 11.9. The number of alkyl halides is 1. The minimum Gasteiger partial charge on any atom is -0.477 e. The fraction of sp³-hybridized carbons (Fsp3) is 0.118. The number of halogens is 3. The maximum Gasteiger partial charge on any atom is 0.352 e. The third-order valence-corrected chi connectivity index (χ3v) is 4.75. The van der Waals surface area contributed by atoms with Crippen LogP contribution in [0.4, 0.5) is 0 Å². The number of fused-ring (bicyclic) bond motifs is 1. The van der Waals surface area contributed by atoms with Gasteiger partial charge in [-0.15, -0.1) is 11.6 Å². The van der Waals surface area contributed by atoms with Gasteiger partial charge >= 0.3 is 5.97 Å². The second-order valence-corrected chi connectivity index (χ2v) is 6.23. The Bertz CT molecular complexity index is 902. The van der Waals surface area contributed by atoms with E-state index in [1.165, 1.54) is 0 Å². The highest BCUT2D eigenvalue weighted by molar-refractivity contribution is 6.42. The Kier molecular flexibility index (Phi) is 4.53. The minimum absolute atomic E-state index is 0.212. The van der Waals surface area contributed by atoms with Crippen LogP contribution in [0.25, 0.3) is 10.9 Å². The fourth-order valence-corrected chi connectivity index (χ4v) is 3.18. The van der Waals surface area contributed by atoms with Crippen LogP contribution in [-0.4, -0.2) is 15.6 Å². The summed E-state index contributed by atoms with van der Waals surface area (Å²) < 4.78 is 1.74. The van der Waals surface area contributed by atoms with Crippen molar-refractivity contribution in [2.45, 2.75) is 12.4 Å². The summed E-state index contributed by atoms with van der Waals surface area (Å²) in [5.74, 6) is -0.658. The van der Waals surface area contributed by atoms with Gasteiger partial charge in [0.05, 0.1) is 10.0 Å². The highest BCUT2D eigenvalue weighted by atomic mass is 35.5. The van der Waals surface area contributed by atoms with Gasteiger partial charge in [0, 0.05) is 23.3 Å². The quantitative estimate of drug-likeness (QED) is 0.624. The average Bonchev–Trinajstić information content (AvgIpc) is 2.90. The van der Waals surface area contributed by atoms with Crippen LogP contribution in [0.2, 0.25) is 10.0 Å². The second kappa shape index (κ2) is 6.44. The topological polar surface area (TPSA) is 42.2 Å². The van der Waals surface area contributed by atoms with Crippen LogP contribution in [0.3, 0.4) is 0 Å². The van der Waals surface area contributed by atoms with Crippen molar-refractivity contribution in [3.63, 3.8) is 0 Å². The van der Waals surface area contributed by atoms with E-state index in [0.29, 0.717) is 22.5 Å². The number of benzene rings is 2. The van der Waals surface area contributed by atoms with Gasteiger partial charge in [-0.25, -0.2) is 4.79 Å². The lowest BCUT2D eigenvalue weighted by Crippen LogP contribution is -2.09. The molecule has 2 aromatic carbocycles. The molecule has 0 amide bonds. The molecule has 0 bridgehead atoms. The third-order valence-electron chi connectivity index (χ3n) is 3.72. The molecule has 23 heavy (non-hydrogen) atoms. The molecule has 0 fully saturated rings. The summed E-state index contributed by atoms with van der Waals surface area (Å²) >= 11 is 17.9. The first kappa shape index (κ1) is 16.2. The first-order valence-corrected chi connectivity index (χ1v) is 8.14. The van der Waals surface area contributed by atoms with Gasteiger partial charge in [-0.2, -0.15) is 0 Å². The van der Waals surface area contributed by atoms with Crippen molar-refractivity contribution < 1.29 is 9.90 Å². The van der Waals surface area contributed by atoms with E-state index >= 15 is 0 Å². The van der Waals surface area contributed by atoms with Crippen molar-refractivity contribution in [3.05, 3.63) is 69.3 Å². The van der Waals surface area contributed by atoms with Gasteiger partial charge in [-0.3, -0.25) is 0 Å². The lowest BCUT2D eigenvalue weighted by molar-refractivity contribution is 0.0686. The van der Waals surface area contributed by atoms with Crippen molar-refractivity contribution in [2.24, 2.45) is 0 Å². The second-order valence-electron chi connectivity index (χ2n) is 5.15. The van der Waals surface area contributed by atoms with Crippen LogP contribution in [0, 0.1) is 0 Å². The molecular formula is C17H12Cl3NO2. The molecule has 1 N–H and O–H groups in total. The maximum absolute atomic E-state index is 11.6. The molecule has 3 nitrogen and oxygen atoms in total. The summed E-state index contributed by atoms with van der Waals surface area (Å²) in [5, 5.41) is 11.3. The van der Waals surface area contributed by atoms with Crippen molar-refractivity contribution in [1.29, 1.82) is 0 Å². The van der Waals surface area contributed by atoms with Crippen molar-refractivity contribution >= 4 is 51.7 Å². The molecule has 0 atom stereocenters. The number of carbonyl (C=O) groups is 1. The molecule has 3 aromatic rings. The zero-order valence-corrected chi connectivity index (χ0v) is 14.2. The minimum atomic E-state index is -0.984. The predicted octanol–water partition coefficient (Wildman–Crippen LogP) is 5.43. The Morgan fingerprint density at radius 1 is 1.09 bits per heavy atom. The molecule has 1 heterocycles. The maximum atomic E-state index is 11.6. The standard InChI is InChI=1S/C17H12Cl3NO2/c18-8-11-2-1-3-15-12(11)7-16(17(22)23)21(15)9-10-4-5-13(19)14(20)6-10/h1-7H,8-9H2,(H,22,23). The van der Waals surface area contributed by atoms with E-state index in [9.17, 15) is 9.90 Å². The van der Waals surface area contributed by atoms with E-state index in [2.05, 4.69) is 0 Å². The SMILES string of the molecule is O=C(O)c1cc2c(CCl)cccc2n1Cc1ccc(Cl)c(Cl)c1. The summed E-state index contributed by atoms with van der Waals surface area (Å²) in [7, 11) is 0. The van der Waals surface area contributed by atoms with Crippen molar-refractivity contribution in [2.75, 3.05) is 0 Å². The Labute approximate surface area is 148 Å². The number of aromatic nitrogens is 1. The van der Waals surface area contributed by atoms with E-state index < -0.39 is 5.97 Å². The molecule has 6 heteroatoms. The van der Waals surface area contributed by atoms with Gasteiger partial charge < -0.3 is 9.67 Å². The van der Waals surface area contributed by atoms with Crippen molar-refractivity contribution in [3.8, 4) is 0 Å². The Morgan fingerprint density at radius 3 is 2.52 bits per heavy atom. The van der Waals surface area contributed by atoms with E-state index in [-0.39, 0.29) is 5.69 Å². The highest BCUT2D eigenvalue weighted by Gasteiger charge is 2.16. The number of hydrogen-bond donors (Lipinski definition) is 1. The molecule has 118 valence electrons. The Hall–Kier alpha value is -1.68. The summed E-state index contributed by atoms with van der Waals surface area (Å²) in [6.07, 6.45) is 0. The fourth-order valence-electron chi connectivity index (χ4n) is 2.63. The summed E-state index contributed by atoms with van der Waals surface area (Å²) in [5.41, 5.74) is 2.81. The molecule has 0 spiro atoms. The molecular weight excluding hydrogens is 357 g/mol. The lowest BCUT2D eigenvalue weighted by atomic mass is 10.1. The van der Waals surface area contributed by atoms with Crippen LogP contribution < -0.4 is 0 Å². The monoisotopic (exact) mass is 367 g/mol. The lowest BCUT2D eigenvalue weighted by Gasteiger charge is -2.10. The third kappa shape index (κ3) is 3.05. The number of rotatable bonds is 4. The van der Waals surface area contributed by atoms with E-state index in [0.717, 1.165) is 22.0 Å². The van der Waals surface area contributed by atoms with Crippen LogP contribution in [0.15, 0.2) is 42.5 Å². The van der Waals surface area contributed by atoms with Crippen molar-refractivity contribution in [1.82, 2.24) is 4.57 Å². The van der Waals surface area contributed by atoms with Crippen LogP contribution in [-0.2, 0) is 12.4 Å². The number of hydrogen-bond acceptors (Lipinski definition) is 1. The van der Waals surface area contributed by atoms with Gasteiger partial charge in [0.2, 0.25) is 0 Å². The van der Waals surface area contributed by atoms with Gasteiger partial charge in [0.15, 0.2) is 0 Å². The van der Waals surface area contributed by atoms with Gasteiger partial charge in [-0.05, 0) is 35.4 Å². The molecule has 0 aliphatic carbocycles. The number of carboxylic acids is 1. The highest BCUT2D eigenvalue weighted by Crippen LogP contribution is 2.28. The smallest absolute Gasteiger partial charge is 0.352 e. The molecule has 0 aliphatic heterocycles. The normalized spacial score (nSPS) is 11.1. The van der Waals surface area contributed by atoms with E-state index in [1.807, 2.05) is 24.3 Å². The van der Waals surface area contributed by atoms with E-state index in [1.54, 1.807) is 22.8 Å². The van der Waals surface area contributed by atoms with Crippen LogP contribution in [0.1, 0.15) is 21.6 Å². The van der Waals surface area contributed by atoms with Gasteiger partial charge in [-0.1, -0.05) is 41.4 Å².